The molecule has 1 aromatic heterocycles. The van der Waals surface area contributed by atoms with Crippen molar-refractivity contribution in [2.45, 2.75) is 50.6 Å². The Hall–Kier alpha value is -1.41. The van der Waals surface area contributed by atoms with Gasteiger partial charge < -0.3 is 14.4 Å². The van der Waals surface area contributed by atoms with Crippen LogP contribution < -0.4 is 10.5 Å². The lowest BCUT2D eigenvalue weighted by Crippen LogP contribution is -3.15. The van der Waals surface area contributed by atoms with E-state index in [0.29, 0.717) is 17.8 Å². The van der Waals surface area contributed by atoms with Crippen LogP contribution in [0.2, 0.25) is 0 Å². The maximum atomic E-state index is 13.2. The van der Waals surface area contributed by atoms with Gasteiger partial charge in [-0.2, -0.15) is 0 Å². The molecule has 2 saturated heterocycles. The van der Waals surface area contributed by atoms with Crippen molar-refractivity contribution in [3.63, 3.8) is 0 Å². The largest absolute Gasteiger partial charge is 0.376 e. The Labute approximate surface area is 176 Å². The van der Waals surface area contributed by atoms with Gasteiger partial charge in [-0.1, -0.05) is 37.7 Å². The fourth-order valence-corrected chi connectivity index (χ4v) is 5.33. The van der Waals surface area contributed by atoms with Crippen molar-refractivity contribution >= 4 is 22.7 Å². The third kappa shape index (κ3) is 5.20. The van der Waals surface area contributed by atoms with Crippen LogP contribution in [0, 0.1) is 5.92 Å². The Balaban J connectivity index is 1.53. The molecular weight excluding hydrogens is 386 g/mol. The highest BCUT2D eigenvalue weighted by Crippen LogP contribution is 2.22. The third-order valence-corrected chi connectivity index (χ3v) is 6.77. The van der Waals surface area contributed by atoms with Crippen LogP contribution in [-0.2, 0) is 16.0 Å². The Morgan fingerprint density at radius 2 is 2.07 bits per heavy atom. The van der Waals surface area contributed by atoms with E-state index in [0.717, 1.165) is 55.6 Å². The first-order chi connectivity index (χ1) is 14.1. The summed E-state index contributed by atoms with van der Waals surface area (Å²) in [5.41, 5.74) is 0.797. The van der Waals surface area contributed by atoms with Crippen molar-refractivity contribution in [3.8, 4) is 0 Å². The summed E-state index contributed by atoms with van der Waals surface area (Å²) >= 11 is 1.64. The molecule has 2 aromatic rings. The van der Waals surface area contributed by atoms with E-state index in [2.05, 4.69) is 13.8 Å². The van der Waals surface area contributed by atoms with Crippen molar-refractivity contribution in [2.24, 2.45) is 5.92 Å². The zero-order valence-corrected chi connectivity index (χ0v) is 18.2. The lowest BCUT2D eigenvalue weighted by molar-refractivity contribution is -0.914. The SMILES string of the molecule is CC(C)C[NH+]1CCO[C@@H](CSc2nc3ccccc3c(=O)n2C[C@@H]2CCCO2)C1. The molecule has 29 heavy (non-hydrogen) atoms. The first-order valence-corrected chi connectivity index (χ1v) is 11.8. The highest BCUT2D eigenvalue weighted by atomic mass is 32.2. The number of thioether (sulfide) groups is 1. The summed E-state index contributed by atoms with van der Waals surface area (Å²) < 4.78 is 13.6. The van der Waals surface area contributed by atoms with E-state index in [-0.39, 0.29) is 17.8 Å². The van der Waals surface area contributed by atoms with E-state index in [9.17, 15) is 4.79 Å². The number of para-hydroxylation sites is 1. The van der Waals surface area contributed by atoms with E-state index in [4.69, 9.17) is 14.5 Å². The van der Waals surface area contributed by atoms with Gasteiger partial charge in [0.2, 0.25) is 0 Å². The maximum Gasteiger partial charge on any atom is 0.262 e. The zero-order valence-electron chi connectivity index (χ0n) is 17.4. The lowest BCUT2D eigenvalue weighted by Gasteiger charge is -2.31. The molecule has 0 bridgehead atoms. The number of nitrogens with zero attached hydrogens (tertiary/aromatic N) is 2. The summed E-state index contributed by atoms with van der Waals surface area (Å²) in [6, 6.07) is 7.62. The van der Waals surface area contributed by atoms with Gasteiger partial charge in [-0.3, -0.25) is 9.36 Å². The Morgan fingerprint density at radius 1 is 1.24 bits per heavy atom. The van der Waals surface area contributed by atoms with Gasteiger partial charge in [0.05, 0.1) is 36.7 Å². The number of fused-ring (bicyclic) bond motifs is 1. The van der Waals surface area contributed by atoms with Crippen LogP contribution in [0.25, 0.3) is 10.9 Å². The fraction of sp³-hybridized carbons (Fsp3) is 0.636. The molecule has 0 aliphatic carbocycles. The molecule has 0 amide bonds. The molecule has 7 heteroatoms. The van der Waals surface area contributed by atoms with Crippen LogP contribution in [0.15, 0.2) is 34.2 Å². The minimum absolute atomic E-state index is 0.0326. The Morgan fingerprint density at radius 3 is 2.86 bits per heavy atom. The quantitative estimate of drug-likeness (QED) is 0.547. The smallest absolute Gasteiger partial charge is 0.262 e. The predicted molar refractivity (Wildman–Crippen MR) is 116 cm³/mol. The second kappa shape index (κ2) is 9.60. The molecule has 1 aromatic carbocycles. The van der Waals surface area contributed by atoms with E-state index >= 15 is 0 Å². The van der Waals surface area contributed by atoms with Gasteiger partial charge in [-0.25, -0.2) is 4.98 Å². The second-order valence-electron chi connectivity index (χ2n) is 8.57. The molecule has 3 atom stereocenters. The number of rotatable bonds is 7. The lowest BCUT2D eigenvalue weighted by atomic mass is 10.2. The van der Waals surface area contributed by atoms with Crippen LogP contribution in [0.4, 0.5) is 0 Å². The van der Waals surface area contributed by atoms with Gasteiger partial charge in [0.15, 0.2) is 5.16 Å². The molecule has 2 aliphatic heterocycles. The summed E-state index contributed by atoms with van der Waals surface area (Å²) in [6.45, 7) is 10.0. The minimum atomic E-state index is 0.0326. The van der Waals surface area contributed by atoms with E-state index < -0.39 is 0 Å². The van der Waals surface area contributed by atoms with Gasteiger partial charge in [-0.05, 0) is 25.0 Å². The van der Waals surface area contributed by atoms with Crippen LogP contribution in [0.1, 0.15) is 26.7 Å². The predicted octanol–water partition coefficient (Wildman–Crippen LogP) is 1.61. The van der Waals surface area contributed by atoms with E-state index in [1.54, 1.807) is 16.7 Å². The van der Waals surface area contributed by atoms with Crippen LogP contribution in [0.3, 0.4) is 0 Å². The van der Waals surface area contributed by atoms with Crippen molar-refractivity contribution in [1.29, 1.82) is 0 Å². The number of quaternary nitrogens is 1. The number of nitrogens with one attached hydrogen (secondary N) is 1. The molecule has 3 heterocycles. The summed E-state index contributed by atoms with van der Waals surface area (Å²) in [6.07, 6.45) is 2.37. The van der Waals surface area contributed by atoms with Crippen LogP contribution in [0.5, 0.6) is 0 Å². The molecule has 1 unspecified atom stereocenters. The number of hydrogen-bond donors (Lipinski definition) is 1. The average Bonchev–Trinajstić information content (AvgIpc) is 3.22. The van der Waals surface area contributed by atoms with Crippen molar-refractivity contribution in [1.82, 2.24) is 9.55 Å². The highest BCUT2D eigenvalue weighted by molar-refractivity contribution is 7.99. The van der Waals surface area contributed by atoms with Crippen molar-refractivity contribution in [3.05, 3.63) is 34.6 Å². The number of hydrogen-bond acceptors (Lipinski definition) is 5. The van der Waals surface area contributed by atoms with E-state index in [1.807, 2.05) is 28.8 Å². The Bertz CT molecular complexity index is 879. The monoisotopic (exact) mass is 418 g/mol. The standard InChI is InChI=1S/C22H31N3O3S/c1-16(2)12-24-9-11-28-18(13-24)15-29-22-23-20-8-4-3-7-19(20)21(26)25(22)14-17-6-5-10-27-17/h3-4,7-8,16-18H,5-6,9-15H2,1-2H3/p+1/t17-,18+/m0/s1. The molecule has 0 spiro atoms. The van der Waals surface area contributed by atoms with Gasteiger partial charge in [0.25, 0.3) is 5.56 Å². The van der Waals surface area contributed by atoms with Gasteiger partial charge in [0.1, 0.15) is 19.2 Å². The molecule has 2 aliphatic rings. The number of aromatic nitrogens is 2. The van der Waals surface area contributed by atoms with Gasteiger partial charge in [0, 0.05) is 18.3 Å². The van der Waals surface area contributed by atoms with Gasteiger partial charge in [-0.15, -0.1) is 0 Å². The highest BCUT2D eigenvalue weighted by Gasteiger charge is 2.26. The minimum Gasteiger partial charge on any atom is -0.376 e. The van der Waals surface area contributed by atoms with Gasteiger partial charge >= 0.3 is 0 Å². The summed E-state index contributed by atoms with van der Waals surface area (Å²) in [5, 5.41) is 1.46. The van der Waals surface area contributed by atoms with Crippen LogP contribution in [-0.4, -0.2) is 60.4 Å². The molecule has 158 valence electrons. The maximum absolute atomic E-state index is 13.2. The molecule has 0 radical (unpaired) electrons. The average molecular weight is 419 g/mol. The number of morpholine rings is 1. The topological polar surface area (TPSA) is 57.8 Å². The zero-order chi connectivity index (χ0) is 20.2. The normalized spacial score (nSPS) is 25.1. The molecule has 1 N–H and O–H groups in total. The summed E-state index contributed by atoms with van der Waals surface area (Å²) in [5.74, 6) is 1.51. The summed E-state index contributed by atoms with van der Waals surface area (Å²) in [4.78, 5) is 19.6. The molecule has 0 saturated carbocycles. The van der Waals surface area contributed by atoms with Crippen molar-refractivity contribution in [2.75, 3.05) is 38.6 Å². The second-order valence-corrected chi connectivity index (χ2v) is 9.56. The first kappa shape index (κ1) is 20.8. The number of benzene rings is 1. The number of ether oxygens (including phenoxy) is 2. The molecule has 6 nitrogen and oxygen atoms in total. The van der Waals surface area contributed by atoms with E-state index in [1.165, 1.54) is 6.54 Å². The Kier molecular flexibility index (Phi) is 6.90. The molecule has 2 fully saturated rings. The third-order valence-electron chi connectivity index (χ3n) is 5.66. The van der Waals surface area contributed by atoms with Crippen molar-refractivity contribution < 1.29 is 14.4 Å². The molecule has 4 rings (SSSR count). The summed E-state index contributed by atoms with van der Waals surface area (Å²) in [7, 11) is 0. The first-order valence-electron chi connectivity index (χ1n) is 10.8. The van der Waals surface area contributed by atoms with Crippen LogP contribution >= 0.6 is 11.8 Å². The molecular formula is C22H32N3O3S+. The fourth-order valence-electron chi connectivity index (χ4n) is 4.30.